The third-order valence-corrected chi connectivity index (χ3v) is 5.09. The number of ether oxygens (including phenoxy) is 1. The highest BCUT2D eigenvalue weighted by molar-refractivity contribution is 5.94. The molecule has 144 valence electrons. The van der Waals surface area contributed by atoms with Gasteiger partial charge in [-0.15, -0.1) is 0 Å². The molecular weight excluding hydrogens is 362 g/mol. The molecule has 6 heteroatoms. The van der Waals surface area contributed by atoms with Gasteiger partial charge in [0.1, 0.15) is 5.75 Å². The van der Waals surface area contributed by atoms with Crippen LogP contribution in [0.5, 0.6) is 5.75 Å². The van der Waals surface area contributed by atoms with Gasteiger partial charge in [0, 0.05) is 23.2 Å². The third-order valence-electron chi connectivity index (χ3n) is 5.09. The summed E-state index contributed by atoms with van der Waals surface area (Å²) in [6, 6.07) is 12.9. The number of halogens is 2. The van der Waals surface area contributed by atoms with Crippen molar-refractivity contribution in [3.8, 4) is 5.75 Å². The summed E-state index contributed by atoms with van der Waals surface area (Å²) in [5.74, 6) is -1.55. The number of pyridine rings is 1. The first-order valence-corrected chi connectivity index (χ1v) is 9.36. The van der Waals surface area contributed by atoms with Gasteiger partial charge >= 0.3 is 0 Å². The minimum absolute atomic E-state index is 0.00496. The van der Waals surface area contributed by atoms with Gasteiger partial charge in [-0.2, -0.15) is 0 Å². The highest BCUT2D eigenvalue weighted by Gasteiger charge is 2.24. The Morgan fingerprint density at radius 2 is 1.79 bits per heavy atom. The Morgan fingerprint density at radius 1 is 1.00 bits per heavy atom. The van der Waals surface area contributed by atoms with Gasteiger partial charge in [0.2, 0.25) is 0 Å². The van der Waals surface area contributed by atoms with Crippen LogP contribution in [0.2, 0.25) is 0 Å². The van der Waals surface area contributed by atoms with Gasteiger partial charge in [0.25, 0.3) is 5.91 Å². The molecule has 0 radical (unpaired) electrons. The van der Waals surface area contributed by atoms with Crippen molar-refractivity contribution >= 4 is 16.8 Å². The standard InChI is InChI=1S/C22H20F2N2O2/c23-18-10-5-14(13-19(18)24)22(27)26-15-6-8-16(9-7-15)28-21-11-12-25-20-4-2-1-3-17(20)21/h1-5,10-13,15-16H,6-9H2,(H,26,27)/t15-,16-. The summed E-state index contributed by atoms with van der Waals surface area (Å²) in [4.78, 5) is 16.6. The summed E-state index contributed by atoms with van der Waals surface area (Å²) >= 11 is 0. The second kappa shape index (κ2) is 7.92. The summed E-state index contributed by atoms with van der Waals surface area (Å²) in [6.45, 7) is 0. The van der Waals surface area contributed by atoms with Crippen molar-refractivity contribution in [3.63, 3.8) is 0 Å². The number of hydrogen-bond acceptors (Lipinski definition) is 3. The smallest absolute Gasteiger partial charge is 0.251 e. The summed E-state index contributed by atoms with van der Waals surface area (Å²) in [5, 5.41) is 3.89. The summed E-state index contributed by atoms with van der Waals surface area (Å²) in [6.07, 6.45) is 4.96. The minimum Gasteiger partial charge on any atom is -0.490 e. The van der Waals surface area contributed by atoms with Gasteiger partial charge in [-0.3, -0.25) is 9.78 Å². The van der Waals surface area contributed by atoms with Crippen LogP contribution in [0.4, 0.5) is 8.78 Å². The highest BCUT2D eigenvalue weighted by Crippen LogP contribution is 2.28. The molecule has 0 spiro atoms. The zero-order chi connectivity index (χ0) is 19.5. The van der Waals surface area contributed by atoms with E-state index in [4.69, 9.17) is 4.74 Å². The lowest BCUT2D eigenvalue weighted by atomic mass is 9.92. The van der Waals surface area contributed by atoms with Gasteiger partial charge in [0.15, 0.2) is 11.6 Å². The van der Waals surface area contributed by atoms with E-state index in [1.807, 2.05) is 30.3 Å². The predicted molar refractivity (Wildman–Crippen MR) is 102 cm³/mol. The number of nitrogens with zero attached hydrogens (tertiary/aromatic N) is 1. The Bertz CT molecular complexity index is 995. The van der Waals surface area contributed by atoms with Crippen LogP contribution in [-0.4, -0.2) is 23.0 Å². The Morgan fingerprint density at radius 3 is 2.57 bits per heavy atom. The van der Waals surface area contributed by atoms with Crippen LogP contribution in [0.25, 0.3) is 10.9 Å². The lowest BCUT2D eigenvalue weighted by Crippen LogP contribution is -2.39. The Kier molecular flexibility index (Phi) is 5.19. The van der Waals surface area contributed by atoms with Crippen molar-refractivity contribution < 1.29 is 18.3 Å². The molecule has 4 rings (SSSR count). The molecule has 1 heterocycles. The molecule has 3 aromatic rings. The maximum absolute atomic E-state index is 13.3. The van der Waals surface area contributed by atoms with Crippen molar-refractivity contribution in [3.05, 3.63) is 71.9 Å². The Balaban J connectivity index is 1.34. The second-order valence-corrected chi connectivity index (χ2v) is 7.02. The minimum atomic E-state index is -1.02. The van der Waals surface area contributed by atoms with Crippen LogP contribution in [0, 0.1) is 11.6 Å². The lowest BCUT2D eigenvalue weighted by Gasteiger charge is -2.29. The molecule has 0 unspecified atom stereocenters. The first-order valence-electron chi connectivity index (χ1n) is 9.36. The largest absolute Gasteiger partial charge is 0.490 e. The average Bonchev–Trinajstić information content (AvgIpc) is 2.72. The van der Waals surface area contributed by atoms with Crippen LogP contribution in [-0.2, 0) is 0 Å². The molecule has 0 atom stereocenters. The van der Waals surface area contributed by atoms with E-state index in [1.54, 1.807) is 6.20 Å². The maximum atomic E-state index is 13.3. The van der Waals surface area contributed by atoms with E-state index in [9.17, 15) is 13.6 Å². The molecule has 1 aliphatic carbocycles. The number of para-hydroxylation sites is 1. The molecule has 1 N–H and O–H groups in total. The molecule has 0 aliphatic heterocycles. The fourth-order valence-corrected chi connectivity index (χ4v) is 3.58. The number of aromatic nitrogens is 1. The zero-order valence-electron chi connectivity index (χ0n) is 15.2. The number of benzene rings is 2. The predicted octanol–water partition coefficient (Wildman–Crippen LogP) is 4.63. The molecule has 0 bridgehead atoms. The molecule has 1 fully saturated rings. The van der Waals surface area contributed by atoms with E-state index in [0.717, 1.165) is 54.5 Å². The fourth-order valence-electron chi connectivity index (χ4n) is 3.58. The van der Waals surface area contributed by atoms with Crippen LogP contribution in [0.1, 0.15) is 36.0 Å². The van der Waals surface area contributed by atoms with E-state index in [2.05, 4.69) is 10.3 Å². The SMILES string of the molecule is O=C(N[C@H]1CC[C@H](Oc2ccnc3ccccc23)CC1)c1ccc(F)c(F)c1. The molecule has 0 saturated heterocycles. The zero-order valence-corrected chi connectivity index (χ0v) is 15.2. The number of hydrogen-bond donors (Lipinski definition) is 1. The van der Waals surface area contributed by atoms with E-state index >= 15 is 0 Å². The number of carbonyl (C=O) groups is 1. The average molecular weight is 382 g/mol. The van der Waals surface area contributed by atoms with Gasteiger partial charge in [-0.05, 0) is 62.1 Å². The Hall–Kier alpha value is -3.02. The summed E-state index contributed by atoms with van der Waals surface area (Å²) < 4.78 is 32.5. The molecule has 4 nitrogen and oxygen atoms in total. The summed E-state index contributed by atoms with van der Waals surface area (Å²) in [7, 11) is 0. The van der Waals surface area contributed by atoms with Crippen LogP contribution in [0.3, 0.4) is 0 Å². The van der Waals surface area contributed by atoms with Crippen molar-refractivity contribution in [1.29, 1.82) is 0 Å². The van der Waals surface area contributed by atoms with Crippen LogP contribution in [0.15, 0.2) is 54.7 Å². The third kappa shape index (κ3) is 3.96. The van der Waals surface area contributed by atoms with Gasteiger partial charge in [0.05, 0.1) is 11.6 Å². The van der Waals surface area contributed by atoms with Crippen molar-refractivity contribution in [1.82, 2.24) is 10.3 Å². The van der Waals surface area contributed by atoms with E-state index in [-0.39, 0.29) is 23.6 Å². The van der Waals surface area contributed by atoms with Crippen molar-refractivity contribution in [2.75, 3.05) is 0 Å². The van der Waals surface area contributed by atoms with Crippen LogP contribution < -0.4 is 10.1 Å². The van der Waals surface area contributed by atoms with E-state index in [1.165, 1.54) is 6.07 Å². The topological polar surface area (TPSA) is 51.2 Å². The first-order chi connectivity index (χ1) is 13.6. The monoisotopic (exact) mass is 382 g/mol. The number of carbonyl (C=O) groups excluding carboxylic acids is 1. The quantitative estimate of drug-likeness (QED) is 0.716. The van der Waals surface area contributed by atoms with Gasteiger partial charge < -0.3 is 10.1 Å². The molecule has 28 heavy (non-hydrogen) atoms. The number of fused-ring (bicyclic) bond motifs is 1. The van der Waals surface area contributed by atoms with Gasteiger partial charge in [-0.1, -0.05) is 12.1 Å². The highest BCUT2D eigenvalue weighted by atomic mass is 19.2. The second-order valence-electron chi connectivity index (χ2n) is 7.02. The molecule has 1 saturated carbocycles. The van der Waals surface area contributed by atoms with E-state index < -0.39 is 11.6 Å². The Labute approximate surface area is 161 Å². The molecule has 1 aliphatic rings. The van der Waals surface area contributed by atoms with Crippen LogP contribution >= 0.6 is 0 Å². The number of rotatable bonds is 4. The molecule has 1 amide bonds. The molecular formula is C22H20F2N2O2. The maximum Gasteiger partial charge on any atom is 0.251 e. The first kappa shape index (κ1) is 18.3. The normalized spacial score (nSPS) is 19.4. The lowest BCUT2D eigenvalue weighted by molar-refractivity contribution is 0.0894. The summed E-state index contributed by atoms with van der Waals surface area (Å²) in [5.41, 5.74) is 1.02. The fraction of sp³-hybridized carbons (Fsp3) is 0.273. The van der Waals surface area contributed by atoms with Crippen molar-refractivity contribution in [2.45, 2.75) is 37.8 Å². The van der Waals surface area contributed by atoms with Crippen molar-refractivity contribution in [2.24, 2.45) is 0 Å². The molecule has 2 aromatic carbocycles. The number of amides is 1. The molecule has 1 aromatic heterocycles. The van der Waals surface area contributed by atoms with Gasteiger partial charge in [-0.25, -0.2) is 8.78 Å². The van der Waals surface area contributed by atoms with E-state index in [0.29, 0.717) is 0 Å². The number of nitrogens with one attached hydrogen (secondary N) is 1.